The summed E-state index contributed by atoms with van der Waals surface area (Å²) < 4.78 is 25.9. The summed E-state index contributed by atoms with van der Waals surface area (Å²) in [5, 5.41) is 5.15. The van der Waals surface area contributed by atoms with Gasteiger partial charge in [0.15, 0.2) is 0 Å². The summed E-state index contributed by atoms with van der Waals surface area (Å²) in [5.41, 5.74) is -0.136. The number of anilines is 1. The van der Waals surface area contributed by atoms with Gasteiger partial charge in [-0.15, -0.1) is 0 Å². The number of amides is 1. The molecular weight excluding hydrogens is 214 g/mol. The topological polar surface area (TPSA) is 41.1 Å². The molecule has 0 unspecified atom stereocenters. The number of nitrogens with one attached hydrogen (secondary N) is 2. The second-order valence-electron chi connectivity index (χ2n) is 3.35. The molecule has 3 nitrogen and oxygen atoms in total. The van der Waals surface area contributed by atoms with E-state index >= 15 is 0 Å². The monoisotopic (exact) mass is 228 g/mol. The van der Waals surface area contributed by atoms with E-state index in [1.165, 1.54) is 0 Å². The number of carbonyl (C=O) groups excluding carboxylic acids is 1. The van der Waals surface area contributed by atoms with Crippen LogP contribution in [-0.4, -0.2) is 19.0 Å². The van der Waals surface area contributed by atoms with Crippen LogP contribution >= 0.6 is 0 Å². The molecule has 0 aromatic heterocycles. The van der Waals surface area contributed by atoms with Crippen molar-refractivity contribution in [2.45, 2.75) is 13.3 Å². The zero-order valence-electron chi connectivity index (χ0n) is 9.02. The SMILES string of the molecule is CCCNCC(=O)Nc1cc(F)ccc1F. The first kappa shape index (κ1) is 12.6. The lowest BCUT2D eigenvalue weighted by molar-refractivity contribution is -0.115. The van der Waals surface area contributed by atoms with Gasteiger partial charge in [-0.2, -0.15) is 0 Å². The van der Waals surface area contributed by atoms with Gasteiger partial charge in [0.25, 0.3) is 0 Å². The highest BCUT2D eigenvalue weighted by Crippen LogP contribution is 2.14. The smallest absolute Gasteiger partial charge is 0.238 e. The minimum Gasteiger partial charge on any atom is -0.322 e. The van der Waals surface area contributed by atoms with E-state index in [1.807, 2.05) is 6.92 Å². The molecule has 16 heavy (non-hydrogen) atoms. The molecule has 0 heterocycles. The summed E-state index contributed by atoms with van der Waals surface area (Å²) >= 11 is 0. The van der Waals surface area contributed by atoms with Crippen molar-refractivity contribution in [3.05, 3.63) is 29.8 Å². The molecule has 0 aliphatic rings. The predicted molar refractivity (Wildman–Crippen MR) is 58.1 cm³/mol. The maximum Gasteiger partial charge on any atom is 0.238 e. The lowest BCUT2D eigenvalue weighted by atomic mass is 10.3. The molecule has 2 N–H and O–H groups in total. The summed E-state index contributed by atoms with van der Waals surface area (Å²) in [6.07, 6.45) is 0.904. The van der Waals surface area contributed by atoms with Crippen molar-refractivity contribution in [1.82, 2.24) is 5.32 Å². The number of halogens is 2. The van der Waals surface area contributed by atoms with E-state index in [2.05, 4.69) is 10.6 Å². The minimum atomic E-state index is -0.648. The molecule has 0 saturated carbocycles. The molecule has 0 saturated heterocycles. The van der Waals surface area contributed by atoms with Crippen molar-refractivity contribution in [2.75, 3.05) is 18.4 Å². The van der Waals surface area contributed by atoms with E-state index in [0.29, 0.717) is 6.54 Å². The van der Waals surface area contributed by atoms with Crippen molar-refractivity contribution in [3.8, 4) is 0 Å². The highest BCUT2D eigenvalue weighted by atomic mass is 19.1. The van der Waals surface area contributed by atoms with Gasteiger partial charge in [0, 0.05) is 6.07 Å². The molecule has 1 amide bonds. The predicted octanol–water partition coefficient (Wildman–Crippen LogP) is 1.90. The first-order chi connectivity index (χ1) is 7.63. The number of rotatable bonds is 5. The van der Waals surface area contributed by atoms with Crippen LogP contribution in [0.1, 0.15) is 13.3 Å². The Morgan fingerprint density at radius 1 is 1.38 bits per heavy atom. The van der Waals surface area contributed by atoms with Gasteiger partial charge >= 0.3 is 0 Å². The van der Waals surface area contributed by atoms with Crippen LogP contribution < -0.4 is 10.6 Å². The maximum atomic E-state index is 13.1. The average molecular weight is 228 g/mol. The van der Waals surface area contributed by atoms with Gasteiger partial charge in [0.1, 0.15) is 11.6 Å². The number of benzene rings is 1. The average Bonchev–Trinajstić information content (AvgIpc) is 2.24. The summed E-state index contributed by atoms with van der Waals surface area (Å²) in [6, 6.07) is 2.93. The van der Waals surface area contributed by atoms with Crippen molar-refractivity contribution < 1.29 is 13.6 Å². The van der Waals surface area contributed by atoms with Crippen LogP contribution in [0.25, 0.3) is 0 Å². The molecule has 5 heteroatoms. The summed E-state index contributed by atoms with van der Waals surface area (Å²) in [4.78, 5) is 11.3. The maximum absolute atomic E-state index is 13.1. The fourth-order valence-corrected chi connectivity index (χ4v) is 1.17. The second kappa shape index (κ2) is 6.17. The summed E-state index contributed by atoms with van der Waals surface area (Å²) in [6.45, 7) is 2.76. The third kappa shape index (κ3) is 3.94. The van der Waals surface area contributed by atoms with Crippen LogP contribution in [0.5, 0.6) is 0 Å². The molecule has 0 atom stereocenters. The second-order valence-corrected chi connectivity index (χ2v) is 3.35. The van der Waals surface area contributed by atoms with E-state index in [4.69, 9.17) is 0 Å². The van der Waals surface area contributed by atoms with Crippen LogP contribution in [0, 0.1) is 11.6 Å². The Labute approximate surface area is 92.8 Å². The van der Waals surface area contributed by atoms with E-state index < -0.39 is 17.5 Å². The molecule has 0 bridgehead atoms. The van der Waals surface area contributed by atoms with Gasteiger partial charge in [0.05, 0.1) is 12.2 Å². The van der Waals surface area contributed by atoms with Crippen molar-refractivity contribution >= 4 is 11.6 Å². The molecule has 0 radical (unpaired) electrons. The third-order valence-electron chi connectivity index (χ3n) is 1.91. The lowest BCUT2D eigenvalue weighted by Crippen LogP contribution is -2.28. The van der Waals surface area contributed by atoms with E-state index in [-0.39, 0.29) is 12.2 Å². The van der Waals surface area contributed by atoms with Gasteiger partial charge in [-0.05, 0) is 25.1 Å². The van der Waals surface area contributed by atoms with Crippen LogP contribution in [0.4, 0.5) is 14.5 Å². The highest BCUT2D eigenvalue weighted by Gasteiger charge is 2.07. The van der Waals surface area contributed by atoms with Crippen molar-refractivity contribution in [1.29, 1.82) is 0 Å². The Hall–Kier alpha value is -1.49. The number of hydrogen-bond donors (Lipinski definition) is 2. The largest absolute Gasteiger partial charge is 0.322 e. The molecule has 0 aliphatic heterocycles. The molecule has 1 rings (SSSR count). The van der Waals surface area contributed by atoms with E-state index in [0.717, 1.165) is 24.6 Å². The Morgan fingerprint density at radius 2 is 2.12 bits per heavy atom. The Balaban J connectivity index is 2.52. The van der Waals surface area contributed by atoms with E-state index in [9.17, 15) is 13.6 Å². The lowest BCUT2D eigenvalue weighted by Gasteiger charge is -2.06. The Morgan fingerprint density at radius 3 is 2.81 bits per heavy atom. The quantitative estimate of drug-likeness (QED) is 0.756. The first-order valence-corrected chi connectivity index (χ1v) is 5.09. The molecular formula is C11H14F2N2O. The number of carbonyl (C=O) groups is 1. The van der Waals surface area contributed by atoms with Crippen LogP contribution in [-0.2, 0) is 4.79 Å². The van der Waals surface area contributed by atoms with Gasteiger partial charge in [-0.3, -0.25) is 4.79 Å². The van der Waals surface area contributed by atoms with Gasteiger partial charge in [-0.1, -0.05) is 6.92 Å². The first-order valence-electron chi connectivity index (χ1n) is 5.09. The van der Waals surface area contributed by atoms with Crippen LogP contribution in [0.2, 0.25) is 0 Å². The standard InChI is InChI=1S/C11H14F2N2O/c1-2-5-14-7-11(16)15-10-6-8(12)3-4-9(10)13/h3-4,6,14H,2,5,7H2,1H3,(H,15,16). The fourth-order valence-electron chi connectivity index (χ4n) is 1.17. The van der Waals surface area contributed by atoms with Crippen LogP contribution in [0.3, 0.4) is 0 Å². The van der Waals surface area contributed by atoms with Crippen LogP contribution in [0.15, 0.2) is 18.2 Å². The number of hydrogen-bond acceptors (Lipinski definition) is 2. The zero-order valence-corrected chi connectivity index (χ0v) is 9.02. The van der Waals surface area contributed by atoms with Gasteiger partial charge < -0.3 is 10.6 Å². The third-order valence-corrected chi connectivity index (χ3v) is 1.91. The molecule has 1 aromatic carbocycles. The molecule has 0 spiro atoms. The fraction of sp³-hybridized carbons (Fsp3) is 0.364. The molecule has 88 valence electrons. The highest BCUT2D eigenvalue weighted by molar-refractivity contribution is 5.92. The molecule has 0 fully saturated rings. The molecule has 0 aliphatic carbocycles. The summed E-state index contributed by atoms with van der Waals surface area (Å²) in [7, 11) is 0. The summed E-state index contributed by atoms with van der Waals surface area (Å²) in [5.74, 6) is -1.62. The van der Waals surface area contributed by atoms with E-state index in [1.54, 1.807) is 0 Å². The van der Waals surface area contributed by atoms with Crippen molar-refractivity contribution in [3.63, 3.8) is 0 Å². The van der Waals surface area contributed by atoms with Crippen molar-refractivity contribution in [2.24, 2.45) is 0 Å². The zero-order chi connectivity index (χ0) is 12.0. The van der Waals surface area contributed by atoms with Gasteiger partial charge in [-0.25, -0.2) is 8.78 Å². The minimum absolute atomic E-state index is 0.0871. The molecule has 1 aromatic rings. The Kier molecular flexibility index (Phi) is 4.85. The Bertz CT molecular complexity index is 369. The van der Waals surface area contributed by atoms with Gasteiger partial charge in [0.2, 0.25) is 5.91 Å². The normalized spacial score (nSPS) is 10.2.